The minimum atomic E-state index is -0.935. The van der Waals surface area contributed by atoms with Crippen LogP contribution in [0.2, 0.25) is 0 Å². The largest absolute Gasteiger partial charge is 0.478 e. The summed E-state index contributed by atoms with van der Waals surface area (Å²) in [5.41, 5.74) is 0.528. The van der Waals surface area contributed by atoms with E-state index in [-0.39, 0.29) is 29.4 Å². The van der Waals surface area contributed by atoms with E-state index in [9.17, 15) is 14.4 Å². The van der Waals surface area contributed by atoms with Crippen molar-refractivity contribution in [2.24, 2.45) is 0 Å². The minimum Gasteiger partial charge on any atom is -0.478 e. The predicted octanol–water partition coefficient (Wildman–Crippen LogP) is 3.13. The molecule has 1 atom stereocenters. The van der Waals surface area contributed by atoms with Crippen molar-refractivity contribution in [3.05, 3.63) is 36.5 Å². The summed E-state index contributed by atoms with van der Waals surface area (Å²) in [5.74, 6) is -2.81. The lowest BCUT2D eigenvalue weighted by molar-refractivity contribution is -0.133. The van der Waals surface area contributed by atoms with Gasteiger partial charge >= 0.3 is 17.9 Å². The highest BCUT2D eigenvalue weighted by molar-refractivity contribution is 5.85. The van der Waals surface area contributed by atoms with Crippen LogP contribution in [0.5, 0.6) is 0 Å². The summed E-state index contributed by atoms with van der Waals surface area (Å²) < 4.78 is 5.24. The Morgan fingerprint density at radius 2 is 1.07 bits per heavy atom. The van der Waals surface area contributed by atoms with Crippen molar-refractivity contribution >= 4 is 17.9 Å². The minimum absolute atomic E-state index is 0.0601. The van der Waals surface area contributed by atoms with Gasteiger partial charge in [0.1, 0.15) is 0 Å². The van der Waals surface area contributed by atoms with Gasteiger partial charge in [-0.25, -0.2) is 14.4 Å². The topological polar surface area (TPSA) is 141 Å². The van der Waals surface area contributed by atoms with Crippen LogP contribution in [0.15, 0.2) is 36.5 Å². The van der Waals surface area contributed by atoms with Crippen LogP contribution in [0, 0.1) is 0 Å². The zero-order valence-electron chi connectivity index (χ0n) is 16.9. The molecule has 8 nitrogen and oxygen atoms in total. The van der Waals surface area contributed by atoms with Gasteiger partial charge in [-0.15, -0.1) is 0 Å². The Labute approximate surface area is 161 Å². The van der Waals surface area contributed by atoms with Gasteiger partial charge in [0, 0.05) is 23.3 Å². The first-order valence-electron chi connectivity index (χ1n) is 8.17. The van der Waals surface area contributed by atoms with Crippen molar-refractivity contribution in [2.45, 2.75) is 53.6 Å². The molecule has 1 unspecified atom stereocenters. The van der Waals surface area contributed by atoms with Gasteiger partial charge in [-0.05, 0) is 33.6 Å². The molecule has 0 saturated carbocycles. The molecule has 0 amide bonds. The summed E-state index contributed by atoms with van der Waals surface area (Å²) in [6.45, 7) is 18.8. The van der Waals surface area contributed by atoms with Crippen LogP contribution in [0.1, 0.15) is 47.5 Å². The van der Waals surface area contributed by atoms with Gasteiger partial charge in [0.25, 0.3) is 0 Å². The predicted molar refractivity (Wildman–Crippen MR) is 105 cm³/mol. The van der Waals surface area contributed by atoms with Crippen LogP contribution < -0.4 is 0 Å². The Morgan fingerprint density at radius 3 is 1.19 bits per heavy atom. The van der Waals surface area contributed by atoms with Gasteiger partial charge in [0.15, 0.2) is 0 Å². The number of aliphatic hydroxyl groups excluding tert-OH is 1. The molecular formula is C19H34O8. The molecule has 158 valence electrons. The molecule has 8 heteroatoms. The van der Waals surface area contributed by atoms with E-state index in [0.717, 1.165) is 19.4 Å². The molecule has 0 saturated heterocycles. The Bertz CT molecular complexity index is 383. The van der Waals surface area contributed by atoms with Crippen LogP contribution in [0.3, 0.4) is 0 Å². The van der Waals surface area contributed by atoms with Crippen molar-refractivity contribution in [2.75, 3.05) is 13.2 Å². The van der Waals surface area contributed by atoms with Gasteiger partial charge in [-0.2, -0.15) is 0 Å². The van der Waals surface area contributed by atoms with Crippen LogP contribution in [0.25, 0.3) is 0 Å². The van der Waals surface area contributed by atoms with E-state index in [2.05, 4.69) is 26.7 Å². The molecule has 0 aromatic carbocycles. The summed E-state index contributed by atoms with van der Waals surface area (Å²) in [6, 6.07) is 0. The zero-order valence-corrected chi connectivity index (χ0v) is 16.9. The summed E-state index contributed by atoms with van der Waals surface area (Å²) in [5, 5.41) is 32.3. The van der Waals surface area contributed by atoms with E-state index in [1.807, 2.05) is 6.92 Å². The lowest BCUT2D eigenvalue weighted by atomic mass is 10.3. The van der Waals surface area contributed by atoms with Crippen LogP contribution in [-0.4, -0.2) is 57.7 Å². The number of hydrogen-bond acceptors (Lipinski definition) is 5. The molecular weight excluding hydrogens is 356 g/mol. The lowest BCUT2D eigenvalue weighted by Crippen LogP contribution is -2.16. The molecule has 0 aliphatic rings. The maximum absolute atomic E-state index is 9.60. The molecule has 0 bridgehead atoms. The van der Waals surface area contributed by atoms with E-state index >= 15 is 0 Å². The molecule has 0 fully saturated rings. The van der Waals surface area contributed by atoms with E-state index in [1.165, 1.54) is 20.8 Å². The monoisotopic (exact) mass is 390 g/mol. The number of carboxylic acids is 3. The number of carbonyl (C=O) groups is 3. The maximum Gasteiger partial charge on any atom is 0.330 e. The number of carboxylic acid groups (broad SMARTS) is 3. The van der Waals surface area contributed by atoms with Gasteiger partial charge in [-0.1, -0.05) is 33.6 Å². The molecule has 0 heterocycles. The molecule has 0 aromatic heterocycles. The number of rotatable bonds is 8. The first kappa shape index (κ1) is 32.2. The second-order valence-corrected chi connectivity index (χ2v) is 5.34. The number of hydrogen-bond donors (Lipinski definition) is 4. The Hall–Kier alpha value is -2.45. The van der Waals surface area contributed by atoms with Crippen LogP contribution in [0.4, 0.5) is 0 Å². The van der Waals surface area contributed by atoms with Crippen LogP contribution in [-0.2, 0) is 19.1 Å². The second kappa shape index (κ2) is 21.6. The molecule has 0 rings (SSSR count). The Morgan fingerprint density at radius 1 is 0.815 bits per heavy atom. The SMILES string of the molecule is C=C(C)C(=O)O.C=C(C)C(=O)O.C=C(C)C(=O)O.CCCOC(CC)CO. The van der Waals surface area contributed by atoms with Crippen molar-refractivity contribution in [1.29, 1.82) is 0 Å². The van der Waals surface area contributed by atoms with Gasteiger partial charge in [0.2, 0.25) is 0 Å². The highest BCUT2D eigenvalue weighted by Gasteiger charge is 2.01. The standard InChI is InChI=1S/C7H16O2.3C4H6O2/c1-3-5-9-7(4-2)6-8;3*1-3(2)4(5)6/h7-8H,3-6H2,1-2H3;3*1H2,2H3,(H,5,6). The highest BCUT2D eigenvalue weighted by Crippen LogP contribution is 1.96. The number of ether oxygens (including phenoxy) is 1. The third-order valence-corrected chi connectivity index (χ3v) is 2.31. The zero-order chi connectivity index (χ0) is 22.6. The van der Waals surface area contributed by atoms with Crippen molar-refractivity contribution in [3.8, 4) is 0 Å². The van der Waals surface area contributed by atoms with E-state index in [0.29, 0.717) is 0 Å². The molecule has 0 aliphatic carbocycles. The third-order valence-electron chi connectivity index (χ3n) is 2.31. The molecule has 0 aliphatic heterocycles. The van der Waals surface area contributed by atoms with Crippen molar-refractivity contribution < 1.29 is 39.5 Å². The van der Waals surface area contributed by atoms with E-state index in [1.54, 1.807) is 0 Å². The van der Waals surface area contributed by atoms with Gasteiger partial charge in [-0.3, -0.25) is 0 Å². The second-order valence-electron chi connectivity index (χ2n) is 5.34. The quantitative estimate of drug-likeness (QED) is 0.463. The van der Waals surface area contributed by atoms with E-state index < -0.39 is 17.9 Å². The fourth-order valence-electron chi connectivity index (χ4n) is 0.584. The smallest absolute Gasteiger partial charge is 0.330 e. The first-order valence-corrected chi connectivity index (χ1v) is 8.17. The fraction of sp³-hybridized carbons (Fsp3) is 0.526. The maximum atomic E-state index is 9.60. The molecule has 0 radical (unpaired) electrons. The summed E-state index contributed by atoms with van der Waals surface area (Å²) in [4.78, 5) is 28.8. The fourth-order valence-corrected chi connectivity index (χ4v) is 0.584. The van der Waals surface area contributed by atoms with Gasteiger partial charge in [0.05, 0.1) is 12.7 Å². The average molecular weight is 390 g/mol. The Balaban J connectivity index is -0.000000133. The van der Waals surface area contributed by atoms with E-state index in [4.69, 9.17) is 25.2 Å². The van der Waals surface area contributed by atoms with Crippen molar-refractivity contribution in [1.82, 2.24) is 0 Å². The number of aliphatic hydroxyl groups is 1. The molecule has 27 heavy (non-hydrogen) atoms. The van der Waals surface area contributed by atoms with Gasteiger partial charge < -0.3 is 25.2 Å². The summed E-state index contributed by atoms with van der Waals surface area (Å²) >= 11 is 0. The normalized spacial score (nSPS) is 9.56. The number of aliphatic carboxylic acids is 3. The molecule has 4 N–H and O–H groups in total. The lowest BCUT2D eigenvalue weighted by Gasteiger charge is -2.11. The van der Waals surface area contributed by atoms with Crippen molar-refractivity contribution in [3.63, 3.8) is 0 Å². The Kier molecular flexibility index (Phi) is 25.8. The highest BCUT2D eigenvalue weighted by atomic mass is 16.5. The first-order chi connectivity index (χ1) is 12.3. The van der Waals surface area contributed by atoms with Crippen LogP contribution >= 0.6 is 0 Å². The summed E-state index contributed by atoms with van der Waals surface area (Å²) in [7, 11) is 0. The molecule has 0 aromatic rings. The third kappa shape index (κ3) is 35.5. The molecule has 0 spiro atoms. The summed E-state index contributed by atoms with van der Waals surface area (Å²) in [6.07, 6.45) is 1.98. The average Bonchev–Trinajstić information content (AvgIpc) is 2.57.